The number of amides is 1. The number of halogens is 2. The van der Waals surface area contributed by atoms with Crippen LogP contribution >= 0.6 is 23.2 Å². The minimum atomic E-state index is -0.807. The molecule has 116 valence electrons. The molecule has 1 aromatic heterocycles. The van der Waals surface area contributed by atoms with Crippen LogP contribution in [0.4, 0.5) is 5.82 Å². The zero-order chi connectivity index (χ0) is 15.3. The Hall–Kier alpha value is -1.04. The summed E-state index contributed by atoms with van der Waals surface area (Å²) in [7, 11) is 0. The number of pyridine rings is 1. The number of carbonyl (C=O) groups excluding carboxylic acids is 1. The number of rotatable bonds is 6. The van der Waals surface area contributed by atoms with Crippen LogP contribution in [-0.2, 0) is 4.79 Å². The van der Waals surface area contributed by atoms with Gasteiger partial charge in [0.2, 0.25) is 5.91 Å². The quantitative estimate of drug-likeness (QED) is 0.700. The van der Waals surface area contributed by atoms with Crippen LogP contribution in [0.25, 0.3) is 0 Å². The number of nitrogens with one attached hydrogen (secondary N) is 2. The van der Waals surface area contributed by atoms with Crippen molar-refractivity contribution in [1.82, 2.24) is 10.3 Å². The van der Waals surface area contributed by atoms with E-state index in [9.17, 15) is 9.90 Å². The second-order valence-corrected chi connectivity index (χ2v) is 6.21. The molecule has 0 bridgehead atoms. The van der Waals surface area contributed by atoms with Gasteiger partial charge in [-0.1, -0.05) is 36.0 Å². The van der Waals surface area contributed by atoms with Gasteiger partial charge in [-0.2, -0.15) is 0 Å². The second kappa shape index (κ2) is 7.29. The van der Waals surface area contributed by atoms with Gasteiger partial charge in [0.15, 0.2) is 0 Å². The Bertz CT molecular complexity index is 505. The average Bonchev–Trinajstić information content (AvgIpc) is 2.83. The molecule has 0 radical (unpaired) electrons. The third-order valence-electron chi connectivity index (χ3n) is 3.57. The molecule has 1 amide bonds. The van der Waals surface area contributed by atoms with Gasteiger partial charge in [0.1, 0.15) is 5.82 Å². The van der Waals surface area contributed by atoms with Crippen molar-refractivity contribution >= 4 is 34.9 Å². The molecule has 1 aliphatic carbocycles. The maximum atomic E-state index is 11.8. The molecular weight excluding hydrogens is 313 g/mol. The molecule has 1 heterocycles. The van der Waals surface area contributed by atoms with E-state index in [2.05, 4.69) is 15.6 Å². The van der Waals surface area contributed by atoms with E-state index >= 15 is 0 Å². The van der Waals surface area contributed by atoms with Gasteiger partial charge in [0, 0.05) is 19.3 Å². The Morgan fingerprint density at radius 2 is 2.05 bits per heavy atom. The normalized spacial score (nSPS) is 16.7. The molecule has 0 spiro atoms. The molecule has 0 atom stereocenters. The topological polar surface area (TPSA) is 74.2 Å². The number of anilines is 1. The zero-order valence-electron chi connectivity index (χ0n) is 11.7. The van der Waals surface area contributed by atoms with E-state index in [1.54, 1.807) is 6.07 Å². The zero-order valence-corrected chi connectivity index (χ0v) is 13.2. The second-order valence-electron chi connectivity index (χ2n) is 5.37. The fraction of sp³-hybridized carbons (Fsp3) is 0.571. The predicted molar refractivity (Wildman–Crippen MR) is 83.8 cm³/mol. The van der Waals surface area contributed by atoms with Crippen molar-refractivity contribution in [3.05, 3.63) is 22.3 Å². The molecular formula is C14H19Cl2N3O2. The Labute approximate surface area is 134 Å². The molecule has 1 fully saturated rings. The Kier molecular flexibility index (Phi) is 5.67. The summed E-state index contributed by atoms with van der Waals surface area (Å²) in [5.41, 5.74) is -0.807. The highest BCUT2D eigenvalue weighted by Crippen LogP contribution is 2.32. The lowest BCUT2D eigenvalue weighted by Gasteiger charge is -2.21. The summed E-state index contributed by atoms with van der Waals surface area (Å²) in [5.74, 6) is 0.404. The van der Waals surface area contributed by atoms with Crippen LogP contribution in [0.15, 0.2) is 12.3 Å². The van der Waals surface area contributed by atoms with Crippen molar-refractivity contribution in [3.63, 3.8) is 0 Å². The van der Waals surface area contributed by atoms with Gasteiger partial charge in [0.25, 0.3) is 0 Å². The molecule has 21 heavy (non-hydrogen) atoms. The fourth-order valence-electron chi connectivity index (χ4n) is 2.50. The molecule has 0 unspecified atom stereocenters. The van der Waals surface area contributed by atoms with Gasteiger partial charge in [-0.25, -0.2) is 4.98 Å². The van der Waals surface area contributed by atoms with Crippen LogP contribution in [0.1, 0.15) is 32.1 Å². The Morgan fingerprint density at radius 1 is 1.33 bits per heavy atom. The smallest absolute Gasteiger partial charge is 0.222 e. The SMILES string of the molecule is O=C(CC1(O)CCCC1)NCCNc1ncc(Cl)cc1Cl. The van der Waals surface area contributed by atoms with E-state index in [0.717, 1.165) is 12.8 Å². The van der Waals surface area contributed by atoms with E-state index in [0.29, 0.717) is 41.8 Å². The summed E-state index contributed by atoms with van der Waals surface area (Å²) < 4.78 is 0. The van der Waals surface area contributed by atoms with Crippen LogP contribution in [-0.4, -0.2) is 34.7 Å². The molecule has 5 nitrogen and oxygen atoms in total. The van der Waals surface area contributed by atoms with Crippen molar-refractivity contribution in [3.8, 4) is 0 Å². The highest BCUT2D eigenvalue weighted by molar-refractivity contribution is 6.35. The molecule has 1 aliphatic rings. The van der Waals surface area contributed by atoms with E-state index in [4.69, 9.17) is 23.2 Å². The molecule has 3 N–H and O–H groups in total. The monoisotopic (exact) mass is 331 g/mol. The summed E-state index contributed by atoms with van der Waals surface area (Å²) in [5, 5.41) is 16.9. The molecule has 2 rings (SSSR count). The molecule has 1 saturated carbocycles. The van der Waals surface area contributed by atoms with E-state index in [-0.39, 0.29) is 12.3 Å². The lowest BCUT2D eigenvalue weighted by molar-refractivity contribution is -0.125. The first-order valence-electron chi connectivity index (χ1n) is 7.02. The van der Waals surface area contributed by atoms with E-state index < -0.39 is 5.60 Å². The third kappa shape index (κ3) is 5.02. The fourth-order valence-corrected chi connectivity index (χ4v) is 2.95. The third-order valence-corrected chi connectivity index (χ3v) is 4.07. The summed E-state index contributed by atoms with van der Waals surface area (Å²) in [6.07, 6.45) is 5.08. The van der Waals surface area contributed by atoms with Gasteiger partial charge in [-0.05, 0) is 18.9 Å². The first-order chi connectivity index (χ1) is 9.98. The van der Waals surface area contributed by atoms with Crippen LogP contribution in [0.5, 0.6) is 0 Å². The van der Waals surface area contributed by atoms with Crippen LogP contribution in [0.2, 0.25) is 10.0 Å². The van der Waals surface area contributed by atoms with Gasteiger partial charge in [-0.15, -0.1) is 0 Å². The number of hydrogen-bond donors (Lipinski definition) is 3. The van der Waals surface area contributed by atoms with Crippen molar-refractivity contribution in [2.45, 2.75) is 37.7 Å². The summed E-state index contributed by atoms with van der Waals surface area (Å²) >= 11 is 11.7. The molecule has 0 saturated heterocycles. The highest BCUT2D eigenvalue weighted by Gasteiger charge is 2.33. The van der Waals surface area contributed by atoms with Gasteiger partial charge >= 0.3 is 0 Å². The van der Waals surface area contributed by atoms with Crippen molar-refractivity contribution in [2.24, 2.45) is 0 Å². The van der Waals surface area contributed by atoms with Gasteiger partial charge < -0.3 is 15.7 Å². The van der Waals surface area contributed by atoms with E-state index in [1.165, 1.54) is 6.20 Å². The number of aromatic nitrogens is 1. The van der Waals surface area contributed by atoms with Crippen LogP contribution < -0.4 is 10.6 Å². The first-order valence-corrected chi connectivity index (χ1v) is 7.78. The van der Waals surface area contributed by atoms with Crippen molar-refractivity contribution in [2.75, 3.05) is 18.4 Å². The summed E-state index contributed by atoms with van der Waals surface area (Å²) in [6, 6.07) is 1.60. The first kappa shape index (κ1) is 16.3. The minimum absolute atomic E-state index is 0.128. The Morgan fingerprint density at radius 3 is 2.71 bits per heavy atom. The van der Waals surface area contributed by atoms with Crippen LogP contribution in [0, 0.1) is 0 Å². The lowest BCUT2D eigenvalue weighted by Crippen LogP contribution is -2.36. The summed E-state index contributed by atoms with van der Waals surface area (Å²) in [6.45, 7) is 0.939. The number of nitrogens with zero attached hydrogens (tertiary/aromatic N) is 1. The predicted octanol–water partition coefficient (Wildman–Crippen LogP) is 2.61. The number of carbonyl (C=O) groups is 1. The largest absolute Gasteiger partial charge is 0.389 e. The van der Waals surface area contributed by atoms with Gasteiger partial charge in [-0.3, -0.25) is 4.79 Å². The summed E-state index contributed by atoms with van der Waals surface area (Å²) in [4.78, 5) is 15.8. The molecule has 0 aliphatic heterocycles. The molecule has 0 aromatic carbocycles. The van der Waals surface area contributed by atoms with Crippen molar-refractivity contribution in [1.29, 1.82) is 0 Å². The van der Waals surface area contributed by atoms with Crippen molar-refractivity contribution < 1.29 is 9.90 Å². The van der Waals surface area contributed by atoms with E-state index in [1.807, 2.05) is 0 Å². The standard InChI is InChI=1S/C14H19Cl2N3O2/c15-10-7-11(16)13(19-9-10)18-6-5-17-12(20)8-14(21)3-1-2-4-14/h7,9,21H,1-6,8H2,(H,17,20)(H,18,19). The molecule has 7 heteroatoms. The van der Waals surface area contributed by atoms with Crippen LogP contribution in [0.3, 0.4) is 0 Å². The highest BCUT2D eigenvalue weighted by atomic mass is 35.5. The Balaban J connectivity index is 1.68. The maximum absolute atomic E-state index is 11.8. The average molecular weight is 332 g/mol. The maximum Gasteiger partial charge on any atom is 0.222 e. The van der Waals surface area contributed by atoms with Gasteiger partial charge in [0.05, 0.1) is 22.1 Å². The number of aliphatic hydroxyl groups is 1. The molecule has 1 aromatic rings. The lowest BCUT2D eigenvalue weighted by atomic mass is 9.98. The minimum Gasteiger partial charge on any atom is -0.389 e. The number of hydrogen-bond acceptors (Lipinski definition) is 4.